The Balaban J connectivity index is 2.51. The zero-order chi connectivity index (χ0) is 10.1. The van der Waals surface area contributed by atoms with Crippen LogP contribution >= 0.6 is 0 Å². The van der Waals surface area contributed by atoms with E-state index in [9.17, 15) is 9.90 Å². The van der Waals surface area contributed by atoms with Gasteiger partial charge in [0.05, 0.1) is 12.7 Å². The molecule has 4 heteroatoms. The van der Waals surface area contributed by atoms with E-state index in [1.54, 1.807) is 20.8 Å². The van der Waals surface area contributed by atoms with Crippen molar-refractivity contribution >= 4 is 6.29 Å². The fraction of sp³-hybridized carbons (Fsp3) is 0.889. The number of hydrogen-bond acceptors (Lipinski definition) is 4. The van der Waals surface area contributed by atoms with Gasteiger partial charge in [-0.25, -0.2) is 0 Å². The topological polar surface area (TPSA) is 55.8 Å². The molecule has 0 amide bonds. The number of aliphatic hydroxyl groups is 1. The van der Waals surface area contributed by atoms with Crippen molar-refractivity contribution in [3.8, 4) is 0 Å². The molecule has 0 radical (unpaired) electrons. The summed E-state index contributed by atoms with van der Waals surface area (Å²) >= 11 is 0. The maximum absolute atomic E-state index is 10.4. The fourth-order valence-electron chi connectivity index (χ4n) is 1.30. The van der Waals surface area contributed by atoms with Crippen LogP contribution in [0.25, 0.3) is 0 Å². The molecule has 1 rings (SSSR count). The Hall–Kier alpha value is -0.450. The summed E-state index contributed by atoms with van der Waals surface area (Å²) in [4.78, 5) is 10.4. The number of aldehydes is 1. The van der Waals surface area contributed by atoms with Crippen LogP contribution in [0.1, 0.15) is 20.8 Å². The first-order valence-corrected chi connectivity index (χ1v) is 4.41. The molecule has 0 saturated carbocycles. The van der Waals surface area contributed by atoms with Gasteiger partial charge >= 0.3 is 0 Å². The molecule has 0 bridgehead atoms. The van der Waals surface area contributed by atoms with Crippen molar-refractivity contribution in [2.24, 2.45) is 5.92 Å². The first-order valence-electron chi connectivity index (χ1n) is 4.41. The van der Waals surface area contributed by atoms with E-state index < -0.39 is 23.9 Å². The van der Waals surface area contributed by atoms with Crippen molar-refractivity contribution in [2.75, 3.05) is 6.61 Å². The van der Waals surface area contributed by atoms with Crippen LogP contribution in [-0.4, -0.2) is 36.0 Å². The Labute approximate surface area is 77.8 Å². The molecule has 1 fully saturated rings. The summed E-state index contributed by atoms with van der Waals surface area (Å²) in [5.74, 6) is -1.06. The van der Waals surface area contributed by atoms with Crippen LogP contribution < -0.4 is 0 Å². The Morgan fingerprint density at radius 2 is 2.23 bits per heavy atom. The molecule has 76 valence electrons. The quantitative estimate of drug-likeness (QED) is 0.649. The minimum Gasteiger partial charge on any atom is -0.390 e. The zero-order valence-electron chi connectivity index (χ0n) is 8.19. The highest BCUT2D eigenvalue weighted by Crippen LogP contribution is 2.25. The number of ether oxygens (including phenoxy) is 2. The standard InChI is InChI=1S/C9H16O4/c1-6(4-10)8(11)7-5-12-9(2,3)13-7/h4,6-8,11H,5H2,1-3H3/t6?,7-,8?/m1/s1. The van der Waals surface area contributed by atoms with Crippen molar-refractivity contribution in [3.05, 3.63) is 0 Å². The molecule has 4 nitrogen and oxygen atoms in total. The Kier molecular flexibility index (Phi) is 3.05. The van der Waals surface area contributed by atoms with Gasteiger partial charge in [0.15, 0.2) is 5.79 Å². The lowest BCUT2D eigenvalue weighted by Crippen LogP contribution is -2.36. The van der Waals surface area contributed by atoms with E-state index in [4.69, 9.17) is 9.47 Å². The summed E-state index contributed by atoms with van der Waals surface area (Å²) in [7, 11) is 0. The minimum atomic E-state index is -0.778. The van der Waals surface area contributed by atoms with Crippen molar-refractivity contribution in [3.63, 3.8) is 0 Å². The van der Waals surface area contributed by atoms with Crippen LogP contribution in [0.5, 0.6) is 0 Å². The highest BCUT2D eigenvalue weighted by atomic mass is 16.7. The molecular weight excluding hydrogens is 172 g/mol. The number of carbonyl (C=O) groups excluding carboxylic acids is 1. The lowest BCUT2D eigenvalue weighted by atomic mass is 10.0. The van der Waals surface area contributed by atoms with E-state index in [1.807, 2.05) is 0 Å². The maximum atomic E-state index is 10.4. The third-order valence-corrected chi connectivity index (χ3v) is 2.16. The van der Waals surface area contributed by atoms with Gasteiger partial charge in [-0.1, -0.05) is 6.92 Å². The molecule has 0 aromatic heterocycles. The normalized spacial score (nSPS) is 31.2. The molecule has 1 N–H and O–H groups in total. The number of rotatable bonds is 3. The summed E-state index contributed by atoms with van der Waals surface area (Å²) in [6.07, 6.45) is -0.450. The number of carbonyl (C=O) groups is 1. The predicted molar refractivity (Wildman–Crippen MR) is 46.1 cm³/mol. The van der Waals surface area contributed by atoms with Crippen LogP contribution in [-0.2, 0) is 14.3 Å². The van der Waals surface area contributed by atoms with Crippen molar-refractivity contribution in [1.82, 2.24) is 0 Å². The molecule has 2 unspecified atom stereocenters. The van der Waals surface area contributed by atoms with Crippen LogP contribution in [0.3, 0.4) is 0 Å². The number of hydrogen-bond donors (Lipinski definition) is 1. The molecule has 0 spiro atoms. The largest absolute Gasteiger partial charge is 0.390 e. The third-order valence-electron chi connectivity index (χ3n) is 2.16. The molecule has 3 atom stereocenters. The third kappa shape index (κ3) is 2.49. The molecule has 0 aromatic carbocycles. The lowest BCUT2D eigenvalue weighted by Gasteiger charge is -2.21. The van der Waals surface area contributed by atoms with Crippen LogP contribution in [0.15, 0.2) is 0 Å². The van der Waals surface area contributed by atoms with Gasteiger partial charge in [-0.2, -0.15) is 0 Å². The van der Waals surface area contributed by atoms with Crippen LogP contribution in [0, 0.1) is 5.92 Å². The summed E-state index contributed by atoms with van der Waals surface area (Å²) in [6.45, 7) is 5.56. The first-order chi connectivity index (χ1) is 5.96. The Morgan fingerprint density at radius 3 is 2.62 bits per heavy atom. The average Bonchev–Trinajstić information content (AvgIpc) is 2.43. The summed E-state index contributed by atoms with van der Waals surface area (Å²) in [5, 5.41) is 9.61. The summed E-state index contributed by atoms with van der Waals surface area (Å²) in [6, 6.07) is 0. The Bertz CT molecular complexity index is 190. The van der Waals surface area contributed by atoms with E-state index in [1.165, 1.54) is 0 Å². The minimum absolute atomic E-state index is 0.340. The molecule has 1 heterocycles. The van der Waals surface area contributed by atoms with E-state index in [2.05, 4.69) is 0 Å². The van der Waals surface area contributed by atoms with Gasteiger partial charge in [0, 0.05) is 5.92 Å². The SMILES string of the molecule is CC(C=O)C(O)[C@H]1COC(C)(C)O1. The van der Waals surface area contributed by atoms with Crippen molar-refractivity contribution in [1.29, 1.82) is 0 Å². The van der Waals surface area contributed by atoms with E-state index in [-0.39, 0.29) is 0 Å². The second-order valence-electron chi connectivity index (χ2n) is 3.85. The summed E-state index contributed by atoms with van der Waals surface area (Å²) in [5.41, 5.74) is 0. The smallest absolute Gasteiger partial charge is 0.163 e. The van der Waals surface area contributed by atoms with Crippen LogP contribution in [0.4, 0.5) is 0 Å². The van der Waals surface area contributed by atoms with Crippen molar-refractivity contribution < 1.29 is 19.4 Å². The van der Waals surface area contributed by atoms with Gasteiger partial charge in [-0.3, -0.25) is 0 Å². The molecule has 0 aliphatic carbocycles. The first kappa shape index (κ1) is 10.6. The van der Waals surface area contributed by atoms with Gasteiger partial charge < -0.3 is 19.4 Å². The highest BCUT2D eigenvalue weighted by Gasteiger charge is 2.38. The van der Waals surface area contributed by atoms with Crippen molar-refractivity contribution in [2.45, 2.75) is 38.8 Å². The lowest BCUT2D eigenvalue weighted by molar-refractivity contribution is -0.156. The van der Waals surface area contributed by atoms with E-state index >= 15 is 0 Å². The van der Waals surface area contributed by atoms with E-state index in [0.717, 1.165) is 6.29 Å². The van der Waals surface area contributed by atoms with Crippen LogP contribution in [0.2, 0.25) is 0 Å². The maximum Gasteiger partial charge on any atom is 0.163 e. The molecule has 0 aromatic rings. The molecule has 1 aliphatic rings. The predicted octanol–water partition coefficient (Wildman–Crippen LogP) is 0.334. The molecule has 13 heavy (non-hydrogen) atoms. The van der Waals surface area contributed by atoms with Gasteiger partial charge in [-0.05, 0) is 13.8 Å². The van der Waals surface area contributed by atoms with Gasteiger partial charge in [0.1, 0.15) is 12.4 Å². The van der Waals surface area contributed by atoms with Gasteiger partial charge in [-0.15, -0.1) is 0 Å². The molecule has 1 saturated heterocycles. The van der Waals surface area contributed by atoms with E-state index in [0.29, 0.717) is 6.61 Å². The average molecular weight is 188 g/mol. The Morgan fingerprint density at radius 1 is 1.62 bits per heavy atom. The second kappa shape index (κ2) is 3.74. The van der Waals surface area contributed by atoms with Gasteiger partial charge in [0.2, 0.25) is 0 Å². The number of aliphatic hydroxyl groups excluding tert-OH is 1. The van der Waals surface area contributed by atoms with Gasteiger partial charge in [0.25, 0.3) is 0 Å². The highest BCUT2D eigenvalue weighted by molar-refractivity contribution is 5.53. The molecular formula is C9H16O4. The molecule has 1 aliphatic heterocycles. The second-order valence-corrected chi connectivity index (χ2v) is 3.85. The summed E-state index contributed by atoms with van der Waals surface area (Å²) < 4.78 is 10.7. The fourth-order valence-corrected chi connectivity index (χ4v) is 1.30. The zero-order valence-corrected chi connectivity index (χ0v) is 8.19. The monoisotopic (exact) mass is 188 g/mol.